The summed E-state index contributed by atoms with van der Waals surface area (Å²) < 4.78 is 6.00. The average Bonchev–Trinajstić information content (AvgIpc) is 2.44. The topological polar surface area (TPSA) is 42.4 Å². The van der Waals surface area contributed by atoms with Crippen LogP contribution in [0.25, 0.3) is 11.1 Å². The lowest BCUT2D eigenvalue weighted by Gasteiger charge is -2.40. The van der Waals surface area contributed by atoms with E-state index in [1.807, 2.05) is 51.1 Å². The molecule has 2 heterocycles. The minimum absolute atomic E-state index is 0.146. The number of rotatable bonds is 1. The van der Waals surface area contributed by atoms with Crippen LogP contribution in [0.15, 0.2) is 36.5 Å². The fourth-order valence-electron chi connectivity index (χ4n) is 2.65. The third-order valence-corrected chi connectivity index (χ3v) is 5.48. The molecule has 2 aromatic rings. The molecule has 0 saturated carbocycles. The number of aromatic nitrogens is 1. The predicted octanol–water partition coefficient (Wildman–Crippen LogP) is 4.02. The first-order valence-corrected chi connectivity index (χ1v) is 7.88. The summed E-state index contributed by atoms with van der Waals surface area (Å²) in [7, 11) is 0. The third-order valence-electron chi connectivity index (χ3n) is 3.87. The Kier molecular flexibility index (Phi) is 3.54. The number of ether oxygens (including phenoxy) is 1. The van der Waals surface area contributed by atoms with Crippen molar-refractivity contribution in [2.45, 2.75) is 37.3 Å². The van der Waals surface area contributed by atoms with Crippen molar-refractivity contribution in [3.05, 3.63) is 47.8 Å². The van der Waals surface area contributed by atoms with Gasteiger partial charge in [-0.05, 0) is 56.2 Å². The maximum Gasteiger partial charge on any atom is 0.126 e. The third kappa shape index (κ3) is 2.58. The van der Waals surface area contributed by atoms with Gasteiger partial charge in [0, 0.05) is 17.5 Å². The lowest BCUT2D eigenvalue weighted by molar-refractivity contribution is 0.0226. The standard InChI is InChI=1S/C17H18BrNO2/c1-10-8-12(6-7-19-10)11-4-5-14-13(9-11)15(20)16(18)17(2,3)21-14/h4-9,15-16,20H,1-3H3/t15-,16+/m1/s1. The summed E-state index contributed by atoms with van der Waals surface area (Å²) in [6.07, 6.45) is 1.21. The Labute approximate surface area is 133 Å². The highest BCUT2D eigenvalue weighted by molar-refractivity contribution is 9.09. The van der Waals surface area contributed by atoms with Gasteiger partial charge in [-0.15, -0.1) is 0 Å². The fraction of sp³-hybridized carbons (Fsp3) is 0.353. The molecule has 2 atom stereocenters. The van der Waals surface area contributed by atoms with E-state index in [4.69, 9.17) is 4.74 Å². The van der Waals surface area contributed by atoms with Crippen LogP contribution in [0, 0.1) is 6.92 Å². The molecular formula is C17H18BrNO2. The van der Waals surface area contributed by atoms with Crippen molar-refractivity contribution in [2.24, 2.45) is 0 Å². The monoisotopic (exact) mass is 347 g/mol. The molecule has 0 spiro atoms. The van der Waals surface area contributed by atoms with Crippen molar-refractivity contribution in [1.82, 2.24) is 4.98 Å². The Balaban J connectivity index is 2.07. The van der Waals surface area contributed by atoms with Gasteiger partial charge in [-0.3, -0.25) is 4.98 Å². The zero-order valence-corrected chi connectivity index (χ0v) is 13.9. The van der Waals surface area contributed by atoms with E-state index in [1.54, 1.807) is 6.20 Å². The molecular weight excluding hydrogens is 330 g/mol. The van der Waals surface area contributed by atoms with E-state index in [2.05, 4.69) is 20.9 Å². The molecule has 1 aliphatic heterocycles. The van der Waals surface area contributed by atoms with Crippen LogP contribution in [0.4, 0.5) is 0 Å². The first kappa shape index (κ1) is 14.5. The molecule has 1 aromatic carbocycles. The Morgan fingerprint density at radius 3 is 2.62 bits per heavy atom. The van der Waals surface area contributed by atoms with Crippen LogP contribution in [-0.2, 0) is 0 Å². The van der Waals surface area contributed by atoms with E-state index in [-0.39, 0.29) is 4.83 Å². The van der Waals surface area contributed by atoms with Crippen molar-refractivity contribution in [3.63, 3.8) is 0 Å². The highest BCUT2D eigenvalue weighted by atomic mass is 79.9. The Hall–Kier alpha value is -1.39. The number of aliphatic hydroxyl groups is 1. The molecule has 0 unspecified atom stereocenters. The number of benzene rings is 1. The molecule has 0 aliphatic carbocycles. The summed E-state index contributed by atoms with van der Waals surface area (Å²) in [4.78, 5) is 4.07. The highest BCUT2D eigenvalue weighted by Crippen LogP contribution is 2.44. The van der Waals surface area contributed by atoms with Crippen LogP contribution in [0.2, 0.25) is 0 Å². The van der Waals surface area contributed by atoms with Gasteiger partial charge in [0.25, 0.3) is 0 Å². The van der Waals surface area contributed by atoms with Crippen molar-refractivity contribution in [1.29, 1.82) is 0 Å². The highest BCUT2D eigenvalue weighted by Gasteiger charge is 2.41. The van der Waals surface area contributed by atoms with Gasteiger partial charge in [-0.2, -0.15) is 0 Å². The lowest BCUT2D eigenvalue weighted by Crippen LogP contribution is -2.45. The minimum Gasteiger partial charge on any atom is -0.486 e. The van der Waals surface area contributed by atoms with E-state index < -0.39 is 11.7 Å². The smallest absolute Gasteiger partial charge is 0.126 e. The average molecular weight is 348 g/mol. The molecule has 0 radical (unpaired) electrons. The van der Waals surface area contributed by atoms with Crippen LogP contribution in [0.3, 0.4) is 0 Å². The number of aliphatic hydroxyl groups excluding tert-OH is 1. The number of hydrogen-bond donors (Lipinski definition) is 1. The number of halogens is 1. The minimum atomic E-state index is -0.591. The normalized spacial score (nSPS) is 23.3. The molecule has 0 fully saturated rings. The van der Waals surface area contributed by atoms with Gasteiger partial charge in [-0.1, -0.05) is 22.0 Å². The van der Waals surface area contributed by atoms with Gasteiger partial charge < -0.3 is 9.84 Å². The van der Waals surface area contributed by atoms with Gasteiger partial charge in [-0.25, -0.2) is 0 Å². The van der Waals surface area contributed by atoms with E-state index in [0.29, 0.717) is 0 Å². The Bertz CT molecular complexity index is 684. The van der Waals surface area contributed by atoms with Crippen LogP contribution in [-0.4, -0.2) is 20.5 Å². The Morgan fingerprint density at radius 1 is 1.19 bits per heavy atom. The maximum absolute atomic E-state index is 10.6. The van der Waals surface area contributed by atoms with Gasteiger partial charge in [0.05, 0.1) is 10.9 Å². The van der Waals surface area contributed by atoms with Gasteiger partial charge in [0.15, 0.2) is 0 Å². The first-order chi connectivity index (χ1) is 9.88. The van der Waals surface area contributed by atoms with Gasteiger partial charge in [0.2, 0.25) is 0 Å². The summed E-state index contributed by atoms with van der Waals surface area (Å²) in [6, 6.07) is 9.96. The van der Waals surface area contributed by atoms with E-state index >= 15 is 0 Å². The van der Waals surface area contributed by atoms with Gasteiger partial charge >= 0.3 is 0 Å². The van der Waals surface area contributed by atoms with E-state index in [9.17, 15) is 5.11 Å². The molecule has 3 nitrogen and oxygen atoms in total. The number of pyridine rings is 1. The molecule has 1 aromatic heterocycles. The van der Waals surface area contributed by atoms with Crippen molar-refractivity contribution in [2.75, 3.05) is 0 Å². The second-order valence-electron chi connectivity index (χ2n) is 5.99. The number of fused-ring (bicyclic) bond motifs is 1. The first-order valence-electron chi connectivity index (χ1n) is 6.96. The van der Waals surface area contributed by atoms with Crippen molar-refractivity contribution in [3.8, 4) is 16.9 Å². The van der Waals surface area contributed by atoms with E-state index in [1.165, 1.54) is 0 Å². The molecule has 110 valence electrons. The molecule has 0 amide bonds. The number of hydrogen-bond acceptors (Lipinski definition) is 3. The molecule has 4 heteroatoms. The van der Waals surface area contributed by atoms with Crippen LogP contribution in [0.1, 0.15) is 31.2 Å². The predicted molar refractivity (Wildman–Crippen MR) is 86.8 cm³/mol. The maximum atomic E-state index is 10.6. The number of aryl methyl sites for hydroxylation is 1. The van der Waals surface area contributed by atoms with Crippen molar-refractivity contribution >= 4 is 15.9 Å². The summed E-state index contributed by atoms with van der Waals surface area (Å²) >= 11 is 3.55. The summed E-state index contributed by atoms with van der Waals surface area (Å²) in [5, 5.41) is 10.6. The molecule has 3 rings (SSSR count). The van der Waals surface area contributed by atoms with Crippen molar-refractivity contribution < 1.29 is 9.84 Å². The molecule has 0 bridgehead atoms. The molecule has 1 aliphatic rings. The molecule has 0 saturated heterocycles. The largest absolute Gasteiger partial charge is 0.486 e. The SMILES string of the molecule is Cc1cc(-c2ccc3c(c2)[C@@H](O)[C@H](Br)C(C)(C)O3)ccn1. The van der Waals surface area contributed by atoms with Crippen LogP contribution < -0.4 is 4.74 Å². The zero-order chi connectivity index (χ0) is 15.2. The summed E-state index contributed by atoms with van der Waals surface area (Å²) in [5.74, 6) is 0.748. The number of alkyl halides is 1. The number of nitrogens with zero attached hydrogens (tertiary/aromatic N) is 1. The molecule has 1 N–H and O–H groups in total. The quantitative estimate of drug-likeness (QED) is 0.792. The van der Waals surface area contributed by atoms with Gasteiger partial charge in [0.1, 0.15) is 11.4 Å². The summed E-state index contributed by atoms with van der Waals surface area (Å²) in [5.41, 5.74) is 3.50. The lowest BCUT2D eigenvalue weighted by atomic mass is 9.90. The van der Waals surface area contributed by atoms with Crippen LogP contribution >= 0.6 is 15.9 Å². The zero-order valence-electron chi connectivity index (χ0n) is 12.3. The van der Waals surface area contributed by atoms with Crippen LogP contribution in [0.5, 0.6) is 5.75 Å². The fourth-order valence-corrected chi connectivity index (χ4v) is 3.03. The Morgan fingerprint density at radius 2 is 1.90 bits per heavy atom. The second-order valence-corrected chi connectivity index (χ2v) is 6.98. The summed E-state index contributed by atoms with van der Waals surface area (Å²) in [6.45, 7) is 5.91. The van der Waals surface area contributed by atoms with E-state index in [0.717, 1.165) is 28.1 Å². The molecule has 21 heavy (non-hydrogen) atoms. The second kappa shape index (κ2) is 5.11.